The Labute approximate surface area is 205 Å². The number of piperidine rings is 1. The van der Waals surface area contributed by atoms with E-state index in [0.717, 1.165) is 63.7 Å². The first-order valence-corrected chi connectivity index (χ1v) is 12.5. The number of hydrogen-bond acceptors (Lipinski definition) is 5. The first-order valence-electron chi connectivity index (χ1n) is 12.1. The highest BCUT2D eigenvalue weighted by atomic mass is 35.5. The second-order valence-electron chi connectivity index (χ2n) is 10.1. The SMILES string of the molecule is N#Cc1ccc(OC23CCC(NC(=O)c4ccc(N5CCC(CO)CC5)cc4)(CC2)C3)cc1Cl. The maximum Gasteiger partial charge on any atom is 0.251 e. The van der Waals surface area contributed by atoms with Crippen LogP contribution in [0.25, 0.3) is 0 Å². The van der Waals surface area contributed by atoms with Gasteiger partial charge in [0.05, 0.1) is 10.6 Å². The lowest BCUT2D eigenvalue weighted by Gasteiger charge is -2.33. The van der Waals surface area contributed by atoms with E-state index in [1.54, 1.807) is 18.2 Å². The first kappa shape index (κ1) is 23.0. The molecule has 3 aliphatic rings. The van der Waals surface area contributed by atoms with Crippen LogP contribution >= 0.6 is 11.6 Å². The molecule has 6 nitrogen and oxygen atoms in total. The molecule has 0 radical (unpaired) electrons. The monoisotopic (exact) mass is 479 g/mol. The minimum atomic E-state index is -0.296. The molecule has 7 heteroatoms. The van der Waals surface area contributed by atoms with Gasteiger partial charge < -0.3 is 20.1 Å². The van der Waals surface area contributed by atoms with Crippen molar-refractivity contribution in [3.8, 4) is 11.8 Å². The minimum absolute atomic E-state index is 0.0374. The number of ether oxygens (including phenoxy) is 1. The Morgan fingerprint density at radius 3 is 2.47 bits per heavy atom. The summed E-state index contributed by atoms with van der Waals surface area (Å²) < 4.78 is 6.38. The van der Waals surface area contributed by atoms with Gasteiger partial charge >= 0.3 is 0 Å². The van der Waals surface area contributed by atoms with Crippen LogP contribution in [0.2, 0.25) is 5.02 Å². The summed E-state index contributed by atoms with van der Waals surface area (Å²) in [5.41, 5.74) is 1.70. The van der Waals surface area contributed by atoms with Crippen LogP contribution in [0.1, 0.15) is 60.9 Å². The van der Waals surface area contributed by atoms with Crippen LogP contribution in [-0.2, 0) is 0 Å². The van der Waals surface area contributed by atoms with Gasteiger partial charge in [-0.25, -0.2) is 0 Å². The molecule has 2 aromatic rings. The first-order chi connectivity index (χ1) is 16.4. The summed E-state index contributed by atoms with van der Waals surface area (Å²) in [6.07, 6.45) is 6.32. The van der Waals surface area contributed by atoms with Crippen molar-refractivity contribution in [1.29, 1.82) is 5.26 Å². The quantitative estimate of drug-likeness (QED) is 0.628. The Morgan fingerprint density at radius 2 is 1.85 bits per heavy atom. The highest BCUT2D eigenvalue weighted by molar-refractivity contribution is 6.31. The van der Waals surface area contributed by atoms with Crippen molar-refractivity contribution in [2.24, 2.45) is 5.92 Å². The molecule has 0 aromatic heterocycles. The van der Waals surface area contributed by atoms with Gasteiger partial charge in [-0.2, -0.15) is 5.26 Å². The van der Waals surface area contributed by atoms with Crippen LogP contribution in [0.5, 0.6) is 5.75 Å². The van der Waals surface area contributed by atoms with E-state index in [2.05, 4.69) is 16.3 Å². The number of hydrogen-bond donors (Lipinski definition) is 2. The average molecular weight is 480 g/mol. The molecule has 2 saturated carbocycles. The molecule has 34 heavy (non-hydrogen) atoms. The van der Waals surface area contributed by atoms with Gasteiger partial charge in [-0.1, -0.05) is 11.6 Å². The van der Waals surface area contributed by atoms with Gasteiger partial charge in [0.1, 0.15) is 17.4 Å². The average Bonchev–Trinajstić information content (AvgIpc) is 3.39. The number of nitriles is 1. The largest absolute Gasteiger partial charge is 0.487 e. The van der Waals surface area contributed by atoms with Crippen molar-refractivity contribution in [2.75, 3.05) is 24.6 Å². The van der Waals surface area contributed by atoms with Gasteiger partial charge in [0.25, 0.3) is 5.91 Å². The van der Waals surface area contributed by atoms with Crippen molar-refractivity contribution in [3.63, 3.8) is 0 Å². The molecule has 1 heterocycles. The molecule has 0 unspecified atom stereocenters. The van der Waals surface area contributed by atoms with E-state index in [-0.39, 0.29) is 23.7 Å². The van der Waals surface area contributed by atoms with Gasteiger partial charge in [-0.05, 0) is 80.8 Å². The Morgan fingerprint density at radius 1 is 1.15 bits per heavy atom. The van der Waals surface area contributed by atoms with Gasteiger partial charge in [0.15, 0.2) is 0 Å². The Bertz CT molecular complexity index is 1100. The highest BCUT2D eigenvalue weighted by Crippen LogP contribution is 2.53. The lowest BCUT2D eigenvalue weighted by molar-refractivity contribution is 0.0803. The highest BCUT2D eigenvalue weighted by Gasteiger charge is 2.56. The number of aliphatic hydroxyl groups is 1. The zero-order chi connectivity index (χ0) is 23.8. The van der Waals surface area contributed by atoms with Crippen LogP contribution in [0.3, 0.4) is 0 Å². The third-order valence-corrected chi connectivity index (χ3v) is 8.23. The number of amides is 1. The zero-order valence-electron chi connectivity index (χ0n) is 19.2. The molecule has 5 rings (SSSR count). The molecule has 2 N–H and O–H groups in total. The fourth-order valence-corrected chi connectivity index (χ4v) is 6.08. The molecule has 0 spiro atoms. The van der Waals surface area contributed by atoms with E-state index in [1.807, 2.05) is 24.3 Å². The lowest BCUT2D eigenvalue weighted by Crippen LogP contribution is -2.45. The summed E-state index contributed by atoms with van der Waals surface area (Å²) in [4.78, 5) is 15.4. The lowest BCUT2D eigenvalue weighted by atomic mass is 9.92. The number of fused-ring (bicyclic) bond motifs is 2. The Kier molecular flexibility index (Phi) is 6.18. The minimum Gasteiger partial charge on any atom is -0.487 e. The summed E-state index contributed by atoms with van der Waals surface area (Å²) >= 11 is 6.18. The topological polar surface area (TPSA) is 85.6 Å². The molecule has 3 fully saturated rings. The van der Waals surface area contributed by atoms with E-state index in [1.165, 1.54) is 0 Å². The van der Waals surface area contributed by atoms with E-state index in [0.29, 0.717) is 27.8 Å². The molecule has 1 saturated heterocycles. The van der Waals surface area contributed by atoms with Crippen LogP contribution < -0.4 is 15.0 Å². The number of halogens is 1. The number of carbonyl (C=O) groups is 1. The van der Waals surface area contributed by atoms with Crippen LogP contribution in [0.4, 0.5) is 5.69 Å². The summed E-state index contributed by atoms with van der Waals surface area (Å²) in [7, 11) is 0. The van der Waals surface area contributed by atoms with Crippen LogP contribution in [0.15, 0.2) is 42.5 Å². The van der Waals surface area contributed by atoms with Gasteiger partial charge in [0.2, 0.25) is 0 Å². The van der Waals surface area contributed by atoms with Crippen LogP contribution in [0, 0.1) is 17.2 Å². The van der Waals surface area contributed by atoms with Crippen molar-refractivity contribution in [1.82, 2.24) is 5.32 Å². The predicted molar refractivity (Wildman–Crippen MR) is 131 cm³/mol. The number of nitrogens with zero attached hydrogens (tertiary/aromatic N) is 2. The molecule has 178 valence electrons. The molecule has 1 amide bonds. The standard InChI is InChI=1S/C27H30ClN3O3/c28-24-15-23(6-3-21(24)16-29)34-27-11-9-26(18-27,10-12-27)30-25(33)20-1-4-22(5-2-20)31-13-7-19(17-32)8-14-31/h1-6,15,19,32H,7-14,17-18H2,(H,30,33). The van der Waals surface area contributed by atoms with E-state index in [4.69, 9.17) is 21.6 Å². The van der Waals surface area contributed by atoms with Crippen molar-refractivity contribution >= 4 is 23.2 Å². The number of anilines is 1. The molecule has 2 aromatic carbocycles. The summed E-state index contributed by atoms with van der Waals surface area (Å²) in [5, 5.41) is 22.1. The summed E-state index contributed by atoms with van der Waals surface area (Å²) in [6.45, 7) is 2.14. The zero-order valence-corrected chi connectivity index (χ0v) is 20.0. The Hall–Kier alpha value is -2.75. The van der Waals surface area contributed by atoms with Crippen LogP contribution in [-0.4, -0.2) is 41.9 Å². The van der Waals surface area contributed by atoms with Crippen molar-refractivity contribution in [2.45, 2.75) is 56.1 Å². The number of carbonyl (C=O) groups excluding carboxylic acids is 1. The second-order valence-corrected chi connectivity index (χ2v) is 10.5. The molecule has 1 aliphatic heterocycles. The number of nitrogens with one attached hydrogen (secondary N) is 1. The van der Waals surface area contributed by atoms with Gasteiger partial charge in [-0.15, -0.1) is 0 Å². The maximum atomic E-state index is 13.1. The third-order valence-electron chi connectivity index (χ3n) is 7.92. The van der Waals surface area contributed by atoms with E-state index < -0.39 is 0 Å². The fourth-order valence-electron chi connectivity index (χ4n) is 5.87. The molecule has 0 atom stereocenters. The van der Waals surface area contributed by atoms with Gasteiger partial charge in [-0.3, -0.25) is 4.79 Å². The van der Waals surface area contributed by atoms with Crippen molar-refractivity contribution in [3.05, 3.63) is 58.6 Å². The summed E-state index contributed by atoms with van der Waals surface area (Å²) in [6, 6.07) is 15.1. The smallest absolute Gasteiger partial charge is 0.251 e. The van der Waals surface area contributed by atoms with Crippen molar-refractivity contribution < 1.29 is 14.6 Å². The molecule has 2 aliphatic carbocycles. The Balaban J connectivity index is 1.20. The maximum absolute atomic E-state index is 13.1. The number of benzene rings is 2. The third kappa shape index (κ3) is 4.47. The van der Waals surface area contributed by atoms with E-state index >= 15 is 0 Å². The second kappa shape index (κ2) is 9.13. The molecular weight excluding hydrogens is 450 g/mol. The van der Waals surface area contributed by atoms with Gasteiger partial charge in [0, 0.05) is 49.0 Å². The normalized spacial score (nSPS) is 26.3. The summed E-state index contributed by atoms with van der Waals surface area (Å²) in [5.74, 6) is 1.04. The van der Waals surface area contributed by atoms with E-state index in [9.17, 15) is 9.90 Å². The fraction of sp³-hybridized carbons (Fsp3) is 0.481. The molecule has 2 bridgehead atoms. The molecular formula is C27H30ClN3O3. The number of rotatable bonds is 6. The predicted octanol–water partition coefficient (Wildman–Crippen LogP) is 4.68. The number of aliphatic hydroxyl groups excluding tert-OH is 1.